The van der Waals surface area contributed by atoms with Gasteiger partial charge in [-0.05, 0) is 23.8 Å². The standard InChI is InChI=1S/C19H23N5O3S/c1-22(2)28(26,27)16-9-10-18-17(13-16)20-21-24(18)12-11-19(25)23(3)14-15-7-5-4-6-8-15/h4-10,13H,11-12,14H2,1-3H3. The Labute approximate surface area is 164 Å². The summed E-state index contributed by atoms with van der Waals surface area (Å²) in [5.74, 6) is -0.000640. The van der Waals surface area contributed by atoms with Crippen molar-refractivity contribution in [2.45, 2.75) is 24.4 Å². The van der Waals surface area contributed by atoms with Crippen LogP contribution in [0.4, 0.5) is 0 Å². The van der Waals surface area contributed by atoms with E-state index in [0.717, 1.165) is 9.87 Å². The van der Waals surface area contributed by atoms with Gasteiger partial charge >= 0.3 is 0 Å². The van der Waals surface area contributed by atoms with Gasteiger partial charge < -0.3 is 4.90 Å². The smallest absolute Gasteiger partial charge is 0.242 e. The molecule has 0 saturated carbocycles. The Kier molecular flexibility index (Phi) is 5.76. The molecule has 9 heteroatoms. The van der Waals surface area contributed by atoms with Crippen LogP contribution < -0.4 is 0 Å². The predicted octanol–water partition coefficient (Wildman–Crippen LogP) is 1.73. The van der Waals surface area contributed by atoms with E-state index in [1.165, 1.54) is 26.2 Å². The monoisotopic (exact) mass is 401 g/mol. The Balaban J connectivity index is 1.68. The van der Waals surface area contributed by atoms with Crippen LogP contribution in [0.5, 0.6) is 0 Å². The van der Waals surface area contributed by atoms with Gasteiger partial charge in [0.15, 0.2) is 0 Å². The first-order chi connectivity index (χ1) is 13.3. The average molecular weight is 401 g/mol. The van der Waals surface area contributed by atoms with E-state index in [1.54, 1.807) is 22.7 Å². The number of benzene rings is 2. The molecule has 0 radical (unpaired) electrons. The Bertz CT molecular complexity index is 1080. The summed E-state index contributed by atoms with van der Waals surface area (Å²) >= 11 is 0. The molecule has 3 rings (SSSR count). The molecule has 0 N–H and O–H groups in total. The molecule has 0 atom stereocenters. The lowest BCUT2D eigenvalue weighted by molar-refractivity contribution is -0.130. The van der Waals surface area contributed by atoms with Crippen molar-refractivity contribution in [1.29, 1.82) is 0 Å². The van der Waals surface area contributed by atoms with E-state index in [0.29, 0.717) is 24.1 Å². The van der Waals surface area contributed by atoms with Gasteiger partial charge in [0.05, 0.1) is 17.0 Å². The first-order valence-corrected chi connectivity index (χ1v) is 10.3. The minimum absolute atomic E-state index is 0.000640. The molecule has 0 aliphatic carbocycles. The third-order valence-electron chi connectivity index (χ3n) is 4.49. The van der Waals surface area contributed by atoms with Crippen molar-refractivity contribution in [2.24, 2.45) is 0 Å². The van der Waals surface area contributed by atoms with Gasteiger partial charge in [0, 0.05) is 34.1 Å². The van der Waals surface area contributed by atoms with Crippen molar-refractivity contribution in [3.8, 4) is 0 Å². The molecular formula is C19H23N5O3S. The zero-order valence-electron chi connectivity index (χ0n) is 16.1. The number of carbonyl (C=O) groups is 1. The maximum Gasteiger partial charge on any atom is 0.242 e. The fraction of sp³-hybridized carbons (Fsp3) is 0.316. The van der Waals surface area contributed by atoms with Gasteiger partial charge in [-0.1, -0.05) is 35.5 Å². The van der Waals surface area contributed by atoms with Crippen LogP contribution in [0.3, 0.4) is 0 Å². The van der Waals surface area contributed by atoms with Crippen molar-refractivity contribution in [3.05, 3.63) is 54.1 Å². The number of fused-ring (bicyclic) bond motifs is 1. The van der Waals surface area contributed by atoms with E-state index in [1.807, 2.05) is 30.3 Å². The number of hydrogen-bond acceptors (Lipinski definition) is 5. The largest absolute Gasteiger partial charge is 0.341 e. The lowest BCUT2D eigenvalue weighted by atomic mass is 10.2. The highest BCUT2D eigenvalue weighted by atomic mass is 32.2. The second-order valence-electron chi connectivity index (χ2n) is 6.74. The highest BCUT2D eigenvalue weighted by molar-refractivity contribution is 7.89. The molecule has 3 aromatic rings. The number of hydrogen-bond donors (Lipinski definition) is 0. The van der Waals surface area contributed by atoms with Crippen LogP contribution in [-0.2, 0) is 27.9 Å². The number of amides is 1. The molecule has 0 aliphatic heterocycles. The van der Waals surface area contributed by atoms with Gasteiger partial charge in [0.2, 0.25) is 15.9 Å². The van der Waals surface area contributed by atoms with Gasteiger partial charge in [-0.2, -0.15) is 0 Å². The minimum Gasteiger partial charge on any atom is -0.341 e. The number of aromatic nitrogens is 3. The molecule has 2 aromatic carbocycles. The third kappa shape index (κ3) is 4.20. The van der Waals surface area contributed by atoms with Crippen LogP contribution in [0.15, 0.2) is 53.4 Å². The minimum atomic E-state index is -3.53. The van der Waals surface area contributed by atoms with Gasteiger partial charge in [-0.25, -0.2) is 17.4 Å². The second kappa shape index (κ2) is 8.07. The number of sulfonamides is 1. The van der Waals surface area contributed by atoms with E-state index in [-0.39, 0.29) is 17.2 Å². The summed E-state index contributed by atoms with van der Waals surface area (Å²) in [6.45, 7) is 0.914. The normalized spacial score (nSPS) is 11.9. The van der Waals surface area contributed by atoms with Crippen LogP contribution in [0, 0.1) is 0 Å². The predicted molar refractivity (Wildman–Crippen MR) is 106 cm³/mol. The van der Waals surface area contributed by atoms with Crippen LogP contribution in [0.25, 0.3) is 11.0 Å². The molecule has 28 heavy (non-hydrogen) atoms. The summed E-state index contributed by atoms with van der Waals surface area (Å²) in [5, 5.41) is 8.11. The fourth-order valence-electron chi connectivity index (χ4n) is 2.83. The maximum atomic E-state index is 12.4. The molecule has 148 valence electrons. The zero-order valence-corrected chi connectivity index (χ0v) is 16.9. The average Bonchev–Trinajstić information content (AvgIpc) is 3.09. The molecule has 0 aliphatic rings. The third-order valence-corrected chi connectivity index (χ3v) is 6.30. The van der Waals surface area contributed by atoms with Gasteiger partial charge in [0.25, 0.3) is 0 Å². The van der Waals surface area contributed by atoms with Gasteiger partial charge in [-0.3, -0.25) is 4.79 Å². The number of rotatable bonds is 7. The summed E-state index contributed by atoms with van der Waals surface area (Å²) < 4.78 is 27.3. The van der Waals surface area contributed by atoms with Crippen molar-refractivity contribution in [2.75, 3.05) is 21.1 Å². The highest BCUT2D eigenvalue weighted by Crippen LogP contribution is 2.19. The molecule has 0 spiro atoms. The first kappa shape index (κ1) is 20.0. The maximum absolute atomic E-state index is 12.4. The highest BCUT2D eigenvalue weighted by Gasteiger charge is 2.19. The summed E-state index contributed by atoms with van der Waals surface area (Å²) in [7, 11) is 1.20. The molecule has 8 nitrogen and oxygen atoms in total. The lowest BCUT2D eigenvalue weighted by Gasteiger charge is -2.17. The van der Waals surface area contributed by atoms with E-state index in [2.05, 4.69) is 10.3 Å². The van der Waals surface area contributed by atoms with Gasteiger partial charge in [0.1, 0.15) is 5.52 Å². The molecule has 0 bridgehead atoms. The topological polar surface area (TPSA) is 88.4 Å². The number of carbonyl (C=O) groups excluding carboxylic acids is 1. The molecule has 0 fully saturated rings. The van der Waals surface area contributed by atoms with Crippen LogP contribution in [0.1, 0.15) is 12.0 Å². The quantitative estimate of drug-likeness (QED) is 0.602. The summed E-state index contributed by atoms with van der Waals surface area (Å²) in [6.07, 6.45) is 0.277. The van der Waals surface area contributed by atoms with E-state index in [9.17, 15) is 13.2 Å². The number of nitrogens with zero attached hydrogens (tertiary/aromatic N) is 5. The van der Waals surface area contributed by atoms with Gasteiger partial charge in [-0.15, -0.1) is 5.10 Å². The SMILES string of the molecule is CN(Cc1ccccc1)C(=O)CCn1nnc2cc(S(=O)(=O)N(C)C)ccc21. The molecule has 1 aromatic heterocycles. The Morgan fingerprint density at radius 2 is 1.79 bits per heavy atom. The Morgan fingerprint density at radius 1 is 1.07 bits per heavy atom. The Hall–Kier alpha value is -2.78. The lowest BCUT2D eigenvalue weighted by Crippen LogP contribution is -2.27. The Morgan fingerprint density at radius 3 is 2.46 bits per heavy atom. The summed E-state index contributed by atoms with van der Waals surface area (Å²) in [5.41, 5.74) is 2.24. The van der Waals surface area contributed by atoms with Crippen molar-refractivity contribution < 1.29 is 13.2 Å². The summed E-state index contributed by atoms with van der Waals surface area (Å²) in [4.78, 5) is 14.3. The summed E-state index contributed by atoms with van der Waals surface area (Å²) in [6, 6.07) is 14.5. The molecule has 0 unspecified atom stereocenters. The van der Waals surface area contributed by atoms with Crippen LogP contribution in [0.2, 0.25) is 0 Å². The number of aryl methyl sites for hydroxylation is 1. The zero-order chi connectivity index (χ0) is 20.3. The van der Waals surface area contributed by atoms with Crippen LogP contribution in [-0.4, -0.2) is 59.7 Å². The molecule has 1 amide bonds. The van der Waals surface area contributed by atoms with E-state index < -0.39 is 10.0 Å². The molecule has 1 heterocycles. The van der Waals surface area contributed by atoms with Crippen LogP contribution >= 0.6 is 0 Å². The van der Waals surface area contributed by atoms with E-state index in [4.69, 9.17) is 0 Å². The first-order valence-electron chi connectivity index (χ1n) is 8.82. The van der Waals surface area contributed by atoms with Crippen molar-refractivity contribution >= 4 is 27.0 Å². The molecular weight excluding hydrogens is 378 g/mol. The van der Waals surface area contributed by atoms with Crippen molar-refractivity contribution in [3.63, 3.8) is 0 Å². The molecule has 0 saturated heterocycles. The fourth-order valence-corrected chi connectivity index (χ4v) is 3.75. The van der Waals surface area contributed by atoms with E-state index >= 15 is 0 Å². The second-order valence-corrected chi connectivity index (χ2v) is 8.89. The van der Waals surface area contributed by atoms with Crippen molar-refractivity contribution in [1.82, 2.24) is 24.2 Å².